The van der Waals surface area contributed by atoms with Crippen LogP contribution in [0.4, 0.5) is 5.69 Å². The summed E-state index contributed by atoms with van der Waals surface area (Å²) in [6.45, 7) is 3.95. The second-order valence-corrected chi connectivity index (χ2v) is 4.95. The lowest BCUT2D eigenvalue weighted by atomic mass is 10.1. The highest BCUT2D eigenvalue weighted by Gasteiger charge is 2.22. The molecule has 1 aromatic rings. The Bertz CT molecular complexity index is 469. The van der Waals surface area contributed by atoms with Crippen molar-refractivity contribution in [3.63, 3.8) is 0 Å². The maximum Gasteiger partial charge on any atom is 0.241 e. The Morgan fingerprint density at radius 3 is 2.47 bits per heavy atom. The summed E-state index contributed by atoms with van der Waals surface area (Å²) >= 11 is 0. The Hall–Kier alpha value is -1.86. The van der Waals surface area contributed by atoms with Gasteiger partial charge in [0.05, 0.1) is 17.7 Å². The van der Waals surface area contributed by atoms with Gasteiger partial charge in [0.15, 0.2) is 0 Å². The Morgan fingerprint density at radius 1 is 1.26 bits per heavy atom. The number of anilines is 1. The fourth-order valence-corrected chi connectivity index (χ4v) is 2.35. The zero-order chi connectivity index (χ0) is 13.7. The first-order chi connectivity index (χ1) is 9.20. The molecule has 100 valence electrons. The van der Waals surface area contributed by atoms with Crippen LogP contribution in [-0.2, 0) is 4.79 Å². The SMILES string of the molecule is CC(C(=O)Nc1ccc(C#N)cc1)N1CCCCC1. The predicted molar refractivity (Wildman–Crippen MR) is 74.7 cm³/mol. The molecule has 2 rings (SSSR count). The second-order valence-electron chi connectivity index (χ2n) is 4.95. The Balaban J connectivity index is 1.93. The number of likely N-dealkylation sites (tertiary alicyclic amines) is 1. The molecule has 4 heteroatoms. The van der Waals surface area contributed by atoms with E-state index in [0.29, 0.717) is 5.56 Å². The molecule has 0 bridgehead atoms. The molecule has 1 N–H and O–H groups in total. The number of carbonyl (C=O) groups is 1. The van der Waals surface area contributed by atoms with Crippen LogP contribution in [0.5, 0.6) is 0 Å². The number of piperidine rings is 1. The van der Waals surface area contributed by atoms with Gasteiger partial charge in [0.25, 0.3) is 0 Å². The summed E-state index contributed by atoms with van der Waals surface area (Å²) in [5.74, 6) is 0.0200. The number of hydrogen-bond donors (Lipinski definition) is 1. The smallest absolute Gasteiger partial charge is 0.241 e. The number of nitrogens with zero attached hydrogens (tertiary/aromatic N) is 2. The van der Waals surface area contributed by atoms with Gasteiger partial charge in [0.2, 0.25) is 5.91 Å². The third kappa shape index (κ3) is 3.55. The van der Waals surface area contributed by atoms with Crippen molar-refractivity contribution in [3.05, 3.63) is 29.8 Å². The zero-order valence-electron chi connectivity index (χ0n) is 11.2. The summed E-state index contributed by atoms with van der Waals surface area (Å²) in [5.41, 5.74) is 1.34. The lowest BCUT2D eigenvalue weighted by Gasteiger charge is -2.31. The molecule has 4 nitrogen and oxygen atoms in total. The molecule has 1 saturated heterocycles. The van der Waals surface area contributed by atoms with Crippen LogP contribution in [0.2, 0.25) is 0 Å². The normalized spacial score (nSPS) is 17.5. The van der Waals surface area contributed by atoms with Crippen molar-refractivity contribution in [3.8, 4) is 6.07 Å². The zero-order valence-corrected chi connectivity index (χ0v) is 11.2. The quantitative estimate of drug-likeness (QED) is 0.904. The number of nitrogens with one attached hydrogen (secondary N) is 1. The van der Waals surface area contributed by atoms with Crippen LogP contribution in [0.1, 0.15) is 31.7 Å². The van der Waals surface area contributed by atoms with Gasteiger partial charge in [-0.3, -0.25) is 9.69 Å². The van der Waals surface area contributed by atoms with Gasteiger partial charge in [-0.15, -0.1) is 0 Å². The number of nitriles is 1. The van der Waals surface area contributed by atoms with Crippen molar-refractivity contribution in [2.75, 3.05) is 18.4 Å². The molecule has 0 radical (unpaired) electrons. The van der Waals surface area contributed by atoms with E-state index in [1.807, 2.05) is 6.92 Å². The first-order valence-electron chi connectivity index (χ1n) is 6.76. The molecule has 0 aliphatic carbocycles. The van der Waals surface area contributed by atoms with E-state index in [0.717, 1.165) is 18.8 Å². The number of carbonyl (C=O) groups excluding carboxylic acids is 1. The summed E-state index contributed by atoms with van der Waals surface area (Å²) in [5, 5.41) is 11.6. The van der Waals surface area contributed by atoms with Gasteiger partial charge in [0, 0.05) is 5.69 Å². The molecule has 1 aromatic carbocycles. The van der Waals surface area contributed by atoms with E-state index in [2.05, 4.69) is 16.3 Å². The van der Waals surface area contributed by atoms with Gasteiger partial charge >= 0.3 is 0 Å². The van der Waals surface area contributed by atoms with E-state index in [1.54, 1.807) is 24.3 Å². The fraction of sp³-hybridized carbons (Fsp3) is 0.467. The highest BCUT2D eigenvalue weighted by molar-refractivity contribution is 5.94. The molecule has 19 heavy (non-hydrogen) atoms. The molecule has 1 atom stereocenters. The lowest BCUT2D eigenvalue weighted by molar-refractivity contribution is -0.121. The minimum atomic E-state index is -0.101. The monoisotopic (exact) mass is 257 g/mol. The fourth-order valence-electron chi connectivity index (χ4n) is 2.35. The molecule has 0 aromatic heterocycles. The van der Waals surface area contributed by atoms with E-state index in [4.69, 9.17) is 5.26 Å². The molecule has 0 saturated carbocycles. The Kier molecular flexibility index (Phi) is 4.53. The predicted octanol–water partition coefficient (Wildman–Crippen LogP) is 2.37. The molecule has 1 fully saturated rings. The van der Waals surface area contributed by atoms with E-state index < -0.39 is 0 Å². The van der Waals surface area contributed by atoms with Crippen LogP contribution in [0.15, 0.2) is 24.3 Å². The largest absolute Gasteiger partial charge is 0.325 e. The first kappa shape index (κ1) is 13.6. The van der Waals surface area contributed by atoms with Gasteiger partial charge < -0.3 is 5.32 Å². The number of rotatable bonds is 3. The highest BCUT2D eigenvalue weighted by atomic mass is 16.2. The third-order valence-corrected chi connectivity index (χ3v) is 3.60. The van der Waals surface area contributed by atoms with Crippen molar-refractivity contribution in [1.29, 1.82) is 5.26 Å². The summed E-state index contributed by atoms with van der Waals surface area (Å²) in [4.78, 5) is 14.4. The minimum Gasteiger partial charge on any atom is -0.325 e. The standard InChI is InChI=1S/C15H19N3O/c1-12(18-9-3-2-4-10-18)15(19)17-14-7-5-13(11-16)6-8-14/h5-8,12H,2-4,9-10H2,1H3,(H,17,19). The summed E-state index contributed by atoms with van der Waals surface area (Å²) in [6.07, 6.45) is 3.61. The van der Waals surface area contributed by atoms with Crippen molar-refractivity contribution in [2.45, 2.75) is 32.2 Å². The lowest BCUT2D eigenvalue weighted by Crippen LogP contribution is -2.44. The van der Waals surface area contributed by atoms with Gasteiger partial charge in [-0.2, -0.15) is 5.26 Å². The average molecular weight is 257 g/mol. The minimum absolute atomic E-state index is 0.0200. The van der Waals surface area contributed by atoms with Crippen molar-refractivity contribution in [2.24, 2.45) is 0 Å². The van der Waals surface area contributed by atoms with Gasteiger partial charge in [-0.05, 0) is 57.1 Å². The molecule has 0 spiro atoms. The highest BCUT2D eigenvalue weighted by Crippen LogP contribution is 2.14. The van der Waals surface area contributed by atoms with E-state index in [-0.39, 0.29) is 11.9 Å². The van der Waals surface area contributed by atoms with Crippen LogP contribution in [0.25, 0.3) is 0 Å². The Labute approximate surface area is 114 Å². The van der Waals surface area contributed by atoms with Gasteiger partial charge in [-0.25, -0.2) is 0 Å². The van der Waals surface area contributed by atoms with Gasteiger partial charge in [-0.1, -0.05) is 6.42 Å². The van der Waals surface area contributed by atoms with E-state index >= 15 is 0 Å². The number of hydrogen-bond acceptors (Lipinski definition) is 3. The summed E-state index contributed by atoms with van der Waals surface area (Å²) in [7, 11) is 0. The Morgan fingerprint density at radius 2 is 1.89 bits per heavy atom. The molecule has 1 amide bonds. The molecular formula is C15H19N3O. The van der Waals surface area contributed by atoms with Crippen molar-refractivity contribution >= 4 is 11.6 Å². The second kappa shape index (κ2) is 6.35. The molecular weight excluding hydrogens is 238 g/mol. The molecule has 1 unspecified atom stereocenters. The summed E-state index contributed by atoms with van der Waals surface area (Å²) in [6, 6.07) is 8.91. The van der Waals surface area contributed by atoms with E-state index in [1.165, 1.54) is 19.3 Å². The number of amides is 1. The van der Waals surface area contributed by atoms with Crippen LogP contribution >= 0.6 is 0 Å². The first-order valence-corrected chi connectivity index (χ1v) is 6.76. The van der Waals surface area contributed by atoms with Crippen molar-refractivity contribution < 1.29 is 4.79 Å². The van der Waals surface area contributed by atoms with Gasteiger partial charge in [0.1, 0.15) is 0 Å². The van der Waals surface area contributed by atoms with Crippen molar-refractivity contribution in [1.82, 2.24) is 4.90 Å². The third-order valence-electron chi connectivity index (χ3n) is 3.60. The molecule has 1 heterocycles. The number of benzene rings is 1. The maximum atomic E-state index is 12.1. The van der Waals surface area contributed by atoms with Crippen LogP contribution in [-0.4, -0.2) is 29.9 Å². The maximum absolute atomic E-state index is 12.1. The van der Waals surface area contributed by atoms with Crippen LogP contribution in [0, 0.1) is 11.3 Å². The molecule has 1 aliphatic rings. The average Bonchev–Trinajstić information content (AvgIpc) is 2.48. The van der Waals surface area contributed by atoms with Crippen LogP contribution < -0.4 is 5.32 Å². The topological polar surface area (TPSA) is 56.1 Å². The summed E-state index contributed by atoms with van der Waals surface area (Å²) < 4.78 is 0. The van der Waals surface area contributed by atoms with E-state index in [9.17, 15) is 4.79 Å². The van der Waals surface area contributed by atoms with Crippen LogP contribution in [0.3, 0.4) is 0 Å². The molecule has 1 aliphatic heterocycles.